The largest absolute Gasteiger partial charge is 0.352 e. The van der Waals surface area contributed by atoms with Crippen LogP contribution in [0.15, 0.2) is 42.5 Å². The van der Waals surface area contributed by atoms with E-state index in [9.17, 15) is 22.4 Å². The van der Waals surface area contributed by atoms with Gasteiger partial charge in [0.1, 0.15) is 11.9 Å². The number of halogens is 1. The summed E-state index contributed by atoms with van der Waals surface area (Å²) in [5.41, 5.74) is 2.86. The predicted octanol–water partition coefficient (Wildman–Crippen LogP) is 3.93. The van der Waals surface area contributed by atoms with Crippen LogP contribution in [0.5, 0.6) is 0 Å². The van der Waals surface area contributed by atoms with E-state index in [1.807, 2.05) is 33.8 Å². The van der Waals surface area contributed by atoms with E-state index >= 15 is 0 Å². The Morgan fingerprint density at radius 2 is 1.69 bits per heavy atom. The molecule has 0 aromatic heterocycles. The Hall–Kier alpha value is -2.94. The molecule has 0 fully saturated rings. The lowest BCUT2D eigenvalue weighted by molar-refractivity contribution is -0.140. The first kappa shape index (κ1) is 28.3. The average Bonchev–Trinajstić information content (AvgIpc) is 2.76. The molecule has 0 aliphatic carbocycles. The maximum absolute atomic E-state index is 14.3. The Balaban J connectivity index is 2.20. The average molecular weight is 506 g/mol. The highest BCUT2D eigenvalue weighted by Gasteiger charge is 2.27. The van der Waals surface area contributed by atoms with Gasteiger partial charge >= 0.3 is 0 Å². The fourth-order valence-corrected chi connectivity index (χ4v) is 4.64. The van der Waals surface area contributed by atoms with Crippen LogP contribution in [0.2, 0.25) is 0 Å². The van der Waals surface area contributed by atoms with E-state index in [1.165, 1.54) is 15.3 Å². The van der Waals surface area contributed by atoms with E-state index in [4.69, 9.17) is 0 Å². The number of hydrogen-bond donors (Lipinski definition) is 1. The molecule has 2 amide bonds. The lowest BCUT2D eigenvalue weighted by Gasteiger charge is -2.30. The lowest BCUT2D eigenvalue weighted by Crippen LogP contribution is -2.49. The van der Waals surface area contributed by atoms with Crippen molar-refractivity contribution in [3.63, 3.8) is 0 Å². The molecule has 0 radical (unpaired) electrons. The molecule has 2 aromatic carbocycles. The van der Waals surface area contributed by atoms with Crippen LogP contribution in [0.4, 0.5) is 10.1 Å². The van der Waals surface area contributed by atoms with Crippen LogP contribution in [-0.2, 0) is 26.2 Å². The second-order valence-electron chi connectivity index (χ2n) is 9.16. The van der Waals surface area contributed by atoms with Crippen molar-refractivity contribution in [2.45, 2.75) is 66.1 Å². The first-order valence-corrected chi connectivity index (χ1v) is 13.5. The third-order valence-corrected chi connectivity index (χ3v) is 7.02. The van der Waals surface area contributed by atoms with Crippen LogP contribution in [0, 0.1) is 19.7 Å². The molecule has 0 aliphatic heterocycles. The van der Waals surface area contributed by atoms with Crippen molar-refractivity contribution in [1.29, 1.82) is 0 Å². The van der Waals surface area contributed by atoms with Gasteiger partial charge in [-0.2, -0.15) is 0 Å². The van der Waals surface area contributed by atoms with Gasteiger partial charge in [-0.3, -0.25) is 13.9 Å². The fourth-order valence-electron chi connectivity index (χ4n) is 3.68. The zero-order valence-electron chi connectivity index (χ0n) is 21.3. The van der Waals surface area contributed by atoms with Crippen LogP contribution in [0.25, 0.3) is 0 Å². The highest BCUT2D eigenvalue weighted by molar-refractivity contribution is 7.92. The molecule has 0 spiro atoms. The molecule has 0 heterocycles. The molecule has 0 bridgehead atoms. The molecule has 192 valence electrons. The first-order chi connectivity index (χ1) is 16.3. The zero-order valence-corrected chi connectivity index (χ0v) is 22.2. The quantitative estimate of drug-likeness (QED) is 0.501. The monoisotopic (exact) mass is 505 g/mol. The predicted molar refractivity (Wildman–Crippen MR) is 137 cm³/mol. The number of hydrogen-bond acceptors (Lipinski definition) is 4. The Morgan fingerprint density at radius 3 is 2.26 bits per heavy atom. The molecule has 0 saturated heterocycles. The van der Waals surface area contributed by atoms with Gasteiger partial charge in [0.25, 0.3) is 0 Å². The minimum atomic E-state index is -3.57. The highest BCUT2D eigenvalue weighted by Crippen LogP contribution is 2.22. The molecule has 35 heavy (non-hydrogen) atoms. The van der Waals surface area contributed by atoms with Gasteiger partial charge in [-0.15, -0.1) is 0 Å². The standard InChI is InChI=1S/C26H36FN3O4S/c1-18(2)28-26(32)21(5)29(17-22-10-7-8-11-24(22)27)25(31)12-9-15-30(35(6,33)34)23-14-13-19(3)20(4)16-23/h7-8,10-11,13-14,16,18,21H,9,12,15,17H2,1-6H3,(H,28,32). The summed E-state index contributed by atoms with van der Waals surface area (Å²) >= 11 is 0. The number of rotatable bonds is 11. The van der Waals surface area contributed by atoms with Gasteiger partial charge in [0.2, 0.25) is 21.8 Å². The number of carbonyl (C=O) groups is 2. The molecule has 1 unspecified atom stereocenters. The number of aryl methyl sites for hydroxylation is 2. The molecule has 1 N–H and O–H groups in total. The number of nitrogens with one attached hydrogen (secondary N) is 1. The van der Waals surface area contributed by atoms with Gasteiger partial charge < -0.3 is 10.2 Å². The van der Waals surface area contributed by atoms with Crippen molar-refractivity contribution in [3.05, 3.63) is 65.0 Å². The minimum Gasteiger partial charge on any atom is -0.352 e. The van der Waals surface area contributed by atoms with Crippen LogP contribution in [0.3, 0.4) is 0 Å². The minimum absolute atomic E-state index is 0.00458. The van der Waals surface area contributed by atoms with Crippen molar-refractivity contribution in [1.82, 2.24) is 10.2 Å². The number of anilines is 1. The summed E-state index contributed by atoms with van der Waals surface area (Å²) in [6, 6.07) is 10.6. The Morgan fingerprint density at radius 1 is 1.03 bits per heavy atom. The van der Waals surface area contributed by atoms with Crippen molar-refractivity contribution < 1.29 is 22.4 Å². The maximum Gasteiger partial charge on any atom is 0.242 e. The number of carbonyl (C=O) groups excluding carboxylic acids is 2. The summed E-state index contributed by atoms with van der Waals surface area (Å²) in [6.45, 7) is 9.14. The van der Waals surface area contributed by atoms with Gasteiger partial charge in [0, 0.05) is 31.1 Å². The van der Waals surface area contributed by atoms with Gasteiger partial charge in [-0.25, -0.2) is 12.8 Å². The van der Waals surface area contributed by atoms with Gasteiger partial charge in [-0.1, -0.05) is 24.3 Å². The summed E-state index contributed by atoms with van der Waals surface area (Å²) in [5.74, 6) is -1.15. The van der Waals surface area contributed by atoms with Crippen molar-refractivity contribution >= 4 is 27.5 Å². The van der Waals surface area contributed by atoms with Crippen molar-refractivity contribution in [2.75, 3.05) is 17.1 Å². The Kier molecular flexibility index (Phi) is 9.82. The van der Waals surface area contributed by atoms with E-state index in [0.717, 1.165) is 17.4 Å². The number of sulfonamides is 1. The Bertz CT molecular complexity index is 1150. The number of benzene rings is 2. The van der Waals surface area contributed by atoms with E-state index in [0.29, 0.717) is 11.3 Å². The highest BCUT2D eigenvalue weighted by atomic mass is 32.2. The van der Waals surface area contributed by atoms with Crippen LogP contribution < -0.4 is 9.62 Å². The third-order valence-electron chi connectivity index (χ3n) is 5.83. The molecule has 7 nitrogen and oxygen atoms in total. The SMILES string of the molecule is Cc1ccc(N(CCCC(=O)N(Cc2ccccc2F)C(C)C(=O)NC(C)C)S(C)(=O)=O)cc1C. The second kappa shape index (κ2) is 12.2. The molecular formula is C26H36FN3O4S. The van der Waals surface area contributed by atoms with Crippen molar-refractivity contribution in [2.24, 2.45) is 0 Å². The van der Waals surface area contributed by atoms with E-state index < -0.39 is 21.9 Å². The second-order valence-corrected chi connectivity index (χ2v) is 11.1. The molecule has 1 atom stereocenters. The third kappa shape index (κ3) is 8.06. The zero-order chi connectivity index (χ0) is 26.3. The van der Waals surface area contributed by atoms with E-state index in [1.54, 1.807) is 37.3 Å². The summed E-state index contributed by atoms with van der Waals surface area (Å²) in [6.07, 6.45) is 1.38. The van der Waals surface area contributed by atoms with Crippen molar-refractivity contribution in [3.8, 4) is 0 Å². The number of amides is 2. The van der Waals surface area contributed by atoms with E-state index in [-0.39, 0.29) is 43.8 Å². The molecule has 0 aliphatic rings. The summed E-state index contributed by atoms with van der Waals surface area (Å²) in [5, 5.41) is 2.79. The van der Waals surface area contributed by atoms with Gasteiger partial charge in [0.15, 0.2) is 0 Å². The summed E-state index contributed by atoms with van der Waals surface area (Å²) < 4.78 is 40.5. The summed E-state index contributed by atoms with van der Waals surface area (Å²) in [4.78, 5) is 27.2. The normalized spacial score (nSPS) is 12.3. The topological polar surface area (TPSA) is 86.8 Å². The first-order valence-electron chi connectivity index (χ1n) is 11.7. The van der Waals surface area contributed by atoms with Crippen LogP contribution in [0.1, 0.15) is 50.3 Å². The molecule has 9 heteroatoms. The van der Waals surface area contributed by atoms with Gasteiger partial charge in [0.05, 0.1) is 11.9 Å². The number of nitrogens with zero attached hydrogens (tertiary/aromatic N) is 2. The smallest absolute Gasteiger partial charge is 0.242 e. The van der Waals surface area contributed by atoms with E-state index in [2.05, 4.69) is 5.32 Å². The molecule has 0 saturated carbocycles. The maximum atomic E-state index is 14.3. The Labute approximate surface area is 208 Å². The molecular weight excluding hydrogens is 469 g/mol. The van der Waals surface area contributed by atoms with Gasteiger partial charge in [-0.05, 0) is 70.4 Å². The summed E-state index contributed by atoms with van der Waals surface area (Å²) in [7, 11) is -3.57. The molecule has 2 aromatic rings. The fraction of sp³-hybridized carbons (Fsp3) is 0.462. The molecule has 2 rings (SSSR count). The lowest BCUT2D eigenvalue weighted by atomic mass is 10.1. The van der Waals surface area contributed by atoms with Crippen LogP contribution >= 0.6 is 0 Å². The van der Waals surface area contributed by atoms with Crippen LogP contribution in [-0.4, -0.2) is 50.0 Å².